The number of sulfone groups is 1. The minimum absolute atomic E-state index is 0.0116. The number of hydrogen-bond donors (Lipinski definition) is 1. The van der Waals surface area contributed by atoms with Gasteiger partial charge in [0.25, 0.3) is 0 Å². The number of amides is 1. The number of carbonyl (C=O) groups excluding carboxylic acids is 1. The number of anilines is 1. The first-order valence-electron chi connectivity index (χ1n) is 7.52. The van der Waals surface area contributed by atoms with Gasteiger partial charge in [-0.05, 0) is 31.2 Å². The summed E-state index contributed by atoms with van der Waals surface area (Å²) in [5.41, 5.74) is -0.778. The minimum Gasteiger partial charge on any atom is -0.325 e. The van der Waals surface area contributed by atoms with E-state index in [4.69, 9.17) is 0 Å². The summed E-state index contributed by atoms with van der Waals surface area (Å²) in [4.78, 5) is 13.8. The van der Waals surface area contributed by atoms with E-state index >= 15 is 0 Å². The number of benzene rings is 1. The van der Waals surface area contributed by atoms with Gasteiger partial charge in [0.15, 0.2) is 9.84 Å². The molecule has 9 heteroatoms. The standard InChI is InChI=1S/C15H19F3N2O3S/c1-2-20(13-6-7-24(22,23)10-13)9-14(21)19-12-5-3-4-11(8-12)15(16,17)18/h3-5,8,13H,2,6-7,9-10H2,1H3,(H,19,21). The lowest BCUT2D eigenvalue weighted by atomic mass is 10.2. The Balaban J connectivity index is 1.99. The van der Waals surface area contributed by atoms with Gasteiger partial charge in [-0.25, -0.2) is 8.42 Å². The van der Waals surface area contributed by atoms with E-state index in [0.29, 0.717) is 13.0 Å². The van der Waals surface area contributed by atoms with Gasteiger partial charge in [-0.15, -0.1) is 0 Å². The first-order valence-corrected chi connectivity index (χ1v) is 9.34. The van der Waals surface area contributed by atoms with Gasteiger partial charge >= 0.3 is 6.18 Å². The highest BCUT2D eigenvalue weighted by Gasteiger charge is 2.33. The van der Waals surface area contributed by atoms with Crippen molar-refractivity contribution < 1.29 is 26.4 Å². The van der Waals surface area contributed by atoms with Gasteiger partial charge in [-0.3, -0.25) is 9.69 Å². The van der Waals surface area contributed by atoms with Crippen LogP contribution in [0.4, 0.5) is 18.9 Å². The van der Waals surface area contributed by atoms with Gasteiger partial charge in [0.1, 0.15) is 0 Å². The fraction of sp³-hybridized carbons (Fsp3) is 0.533. The first-order chi connectivity index (χ1) is 11.1. The number of hydrogen-bond acceptors (Lipinski definition) is 4. The van der Waals surface area contributed by atoms with Crippen LogP contribution >= 0.6 is 0 Å². The summed E-state index contributed by atoms with van der Waals surface area (Å²) in [5, 5.41) is 2.43. The topological polar surface area (TPSA) is 66.5 Å². The molecule has 1 aliphatic heterocycles. The lowest BCUT2D eigenvalue weighted by Gasteiger charge is -2.25. The van der Waals surface area contributed by atoms with E-state index in [1.165, 1.54) is 12.1 Å². The monoisotopic (exact) mass is 364 g/mol. The molecule has 1 amide bonds. The van der Waals surface area contributed by atoms with Crippen LogP contribution in [0.5, 0.6) is 0 Å². The van der Waals surface area contributed by atoms with Gasteiger partial charge < -0.3 is 5.32 Å². The molecule has 0 saturated carbocycles. The molecule has 0 spiro atoms. The molecule has 0 radical (unpaired) electrons. The predicted molar refractivity (Wildman–Crippen MR) is 84.4 cm³/mol. The smallest absolute Gasteiger partial charge is 0.325 e. The molecule has 134 valence electrons. The molecule has 1 fully saturated rings. The van der Waals surface area contributed by atoms with E-state index in [2.05, 4.69) is 5.32 Å². The number of halogens is 3. The lowest BCUT2D eigenvalue weighted by Crippen LogP contribution is -2.41. The Bertz CT molecular complexity index is 704. The third kappa shape index (κ3) is 4.94. The van der Waals surface area contributed by atoms with Crippen molar-refractivity contribution in [2.24, 2.45) is 0 Å². The third-order valence-electron chi connectivity index (χ3n) is 3.95. The molecule has 1 aromatic carbocycles. The summed E-state index contributed by atoms with van der Waals surface area (Å²) < 4.78 is 61.1. The van der Waals surface area contributed by atoms with E-state index in [9.17, 15) is 26.4 Å². The molecule has 0 aliphatic carbocycles. The molecular weight excluding hydrogens is 345 g/mol. The zero-order valence-corrected chi connectivity index (χ0v) is 14.0. The predicted octanol–water partition coefficient (Wildman–Crippen LogP) is 2.15. The van der Waals surface area contributed by atoms with Crippen molar-refractivity contribution in [1.29, 1.82) is 0 Å². The van der Waals surface area contributed by atoms with Crippen LogP contribution in [0.25, 0.3) is 0 Å². The quantitative estimate of drug-likeness (QED) is 0.870. The Morgan fingerprint density at radius 1 is 1.38 bits per heavy atom. The summed E-state index contributed by atoms with van der Waals surface area (Å²) in [7, 11) is -3.07. The fourth-order valence-electron chi connectivity index (χ4n) is 2.72. The Morgan fingerprint density at radius 3 is 2.62 bits per heavy atom. The van der Waals surface area contributed by atoms with Crippen molar-refractivity contribution in [1.82, 2.24) is 4.90 Å². The van der Waals surface area contributed by atoms with Crippen LogP contribution in [0.2, 0.25) is 0 Å². The van der Waals surface area contributed by atoms with Crippen LogP contribution in [0.3, 0.4) is 0 Å². The van der Waals surface area contributed by atoms with Crippen molar-refractivity contribution >= 4 is 21.4 Å². The van der Waals surface area contributed by atoms with Crippen LogP contribution in [0.15, 0.2) is 24.3 Å². The minimum atomic E-state index is -4.48. The van der Waals surface area contributed by atoms with Crippen molar-refractivity contribution in [2.45, 2.75) is 25.6 Å². The second kappa shape index (κ2) is 7.10. The highest BCUT2D eigenvalue weighted by molar-refractivity contribution is 7.91. The van der Waals surface area contributed by atoms with E-state index in [1.54, 1.807) is 4.90 Å². The van der Waals surface area contributed by atoms with Gasteiger partial charge in [0.05, 0.1) is 23.6 Å². The van der Waals surface area contributed by atoms with E-state index in [1.807, 2.05) is 6.92 Å². The number of nitrogens with zero attached hydrogens (tertiary/aromatic N) is 1. The molecule has 1 atom stereocenters. The number of carbonyl (C=O) groups is 1. The second-order valence-electron chi connectivity index (χ2n) is 5.75. The molecule has 0 bridgehead atoms. The van der Waals surface area contributed by atoms with Crippen molar-refractivity contribution in [3.63, 3.8) is 0 Å². The number of rotatable bonds is 5. The van der Waals surface area contributed by atoms with E-state index in [-0.39, 0.29) is 29.8 Å². The largest absolute Gasteiger partial charge is 0.416 e. The maximum absolute atomic E-state index is 12.7. The molecule has 1 saturated heterocycles. The Kier molecular flexibility index (Phi) is 5.54. The number of likely N-dealkylation sites (N-methyl/N-ethyl adjacent to an activating group) is 1. The van der Waals surface area contributed by atoms with Crippen molar-refractivity contribution in [2.75, 3.05) is 29.9 Å². The van der Waals surface area contributed by atoms with Gasteiger partial charge in [0, 0.05) is 11.7 Å². The molecular formula is C15H19F3N2O3S. The molecule has 1 aliphatic rings. The lowest BCUT2D eigenvalue weighted by molar-refractivity contribution is -0.137. The molecule has 0 aromatic heterocycles. The van der Waals surface area contributed by atoms with Crippen molar-refractivity contribution in [3.8, 4) is 0 Å². The molecule has 24 heavy (non-hydrogen) atoms. The molecule has 1 aromatic rings. The van der Waals surface area contributed by atoms with Crippen LogP contribution in [-0.2, 0) is 20.8 Å². The van der Waals surface area contributed by atoms with Gasteiger partial charge in [-0.1, -0.05) is 13.0 Å². The summed E-state index contributed by atoms with van der Waals surface area (Å²) >= 11 is 0. The number of alkyl halides is 3. The average molecular weight is 364 g/mol. The SMILES string of the molecule is CCN(CC(=O)Nc1cccc(C(F)(F)F)c1)C1CCS(=O)(=O)C1. The molecule has 5 nitrogen and oxygen atoms in total. The maximum Gasteiger partial charge on any atom is 0.416 e. The Morgan fingerprint density at radius 2 is 2.08 bits per heavy atom. The van der Waals surface area contributed by atoms with Crippen LogP contribution < -0.4 is 5.32 Å². The highest BCUT2D eigenvalue weighted by Crippen LogP contribution is 2.30. The van der Waals surface area contributed by atoms with Crippen molar-refractivity contribution in [3.05, 3.63) is 29.8 Å². The molecule has 1 N–H and O–H groups in total. The maximum atomic E-state index is 12.7. The third-order valence-corrected chi connectivity index (χ3v) is 5.70. The fourth-order valence-corrected chi connectivity index (χ4v) is 4.48. The zero-order chi connectivity index (χ0) is 18.0. The molecule has 1 unspecified atom stereocenters. The van der Waals surface area contributed by atoms with Crippen LogP contribution in [0, 0.1) is 0 Å². The first kappa shape index (κ1) is 18.7. The van der Waals surface area contributed by atoms with Crippen LogP contribution in [-0.4, -0.2) is 49.9 Å². The van der Waals surface area contributed by atoms with Crippen LogP contribution in [0.1, 0.15) is 18.9 Å². The van der Waals surface area contributed by atoms with E-state index in [0.717, 1.165) is 12.1 Å². The van der Waals surface area contributed by atoms with E-state index < -0.39 is 27.5 Å². The molecule has 1 heterocycles. The number of nitrogens with one attached hydrogen (secondary N) is 1. The normalized spacial score (nSPS) is 20.3. The molecule has 2 rings (SSSR count). The van der Waals surface area contributed by atoms with Gasteiger partial charge in [0.2, 0.25) is 5.91 Å². The Hall–Kier alpha value is -1.61. The summed E-state index contributed by atoms with van der Waals surface area (Å²) in [6.07, 6.45) is -4.01. The Labute approximate surface area is 138 Å². The zero-order valence-electron chi connectivity index (χ0n) is 13.1. The summed E-state index contributed by atoms with van der Waals surface area (Å²) in [5.74, 6) is -0.360. The summed E-state index contributed by atoms with van der Waals surface area (Å²) in [6.45, 7) is 2.23. The summed E-state index contributed by atoms with van der Waals surface area (Å²) in [6, 6.07) is 4.17. The highest BCUT2D eigenvalue weighted by atomic mass is 32.2. The van der Waals surface area contributed by atoms with Gasteiger partial charge in [-0.2, -0.15) is 13.2 Å². The second-order valence-corrected chi connectivity index (χ2v) is 7.98. The average Bonchev–Trinajstić information content (AvgIpc) is 2.84.